The summed E-state index contributed by atoms with van der Waals surface area (Å²) >= 11 is 0. The molecule has 1 aromatic rings. The average molecular weight is 205 g/mol. The van der Waals surface area contributed by atoms with Gasteiger partial charge in [0.2, 0.25) is 0 Å². The summed E-state index contributed by atoms with van der Waals surface area (Å²) in [5.74, 6) is 0. The van der Waals surface area contributed by atoms with Crippen LogP contribution in [0.3, 0.4) is 0 Å². The Morgan fingerprint density at radius 2 is 2.07 bits per heavy atom. The van der Waals surface area contributed by atoms with Gasteiger partial charge in [0.1, 0.15) is 0 Å². The number of benzene rings is 1. The van der Waals surface area contributed by atoms with Gasteiger partial charge in [0.15, 0.2) is 0 Å². The third-order valence-electron chi connectivity index (χ3n) is 3.30. The summed E-state index contributed by atoms with van der Waals surface area (Å²) in [5, 5.41) is 0. The van der Waals surface area contributed by atoms with E-state index in [1.54, 1.807) is 0 Å². The molecule has 1 aliphatic carbocycles. The maximum Gasteiger partial charge on any atom is 0.0847 e. The van der Waals surface area contributed by atoms with Gasteiger partial charge in [0, 0.05) is 19.6 Å². The normalized spacial score (nSPS) is 24.9. The second-order valence-corrected chi connectivity index (χ2v) is 4.27. The number of rotatable bonds is 3. The standard InChI is InChI=1S/C13H19NO/c1-2-15-13(10-14)8-7-11-5-3-4-6-12(11)9-13/h3-6H,2,7-10,14H2,1H3. The first-order valence-electron chi connectivity index (χ1n) is 5.70. The van der Waals surface area contributed by atoms with E-state index in [9.17, 15) is 0 Å². The Hall–Kier alpha value is -0.860. The second kappa shape index (κ2) is 4.33. The number of hydrogen-bond donors (Lipinski definition) is 1. The smallest absolute Gasteiger partial charge is 0.0847 e. The molecule has 0 spiro atoms. The molecule has 1 aliphatic rings. The van der Waals surface area contributed by atoms with Gasteiger partial charge in [-0.25, -0.2) is 0 Å². The summed E-state index contributed by atoms with van der Waals surface area (Å²) in [5.41, 5.74) is 8.61. The first kappa shape index (κ1) is 10.7. The van der Waals surface area contributed by atoms with Crippen LogP contribution in [0.1, 0.15) is 24.5 Å². The largest absolute Gasteiger partial charge is 0.374 e. The highest BCUT2D eigenvalue weighted by atomic mass is 16.5. The van der Waals surface area contributed by atoms with Crippen LogP contribution >= 0.6 is 0 Å². The van der Waals surface area contributed by atoms with Gasteiger partial charge in [-0.1, -0.05) is 24.3 Å². The van der Waals surface area contributed by atoms with E-state index in [0.717, 1.165) is 25.9 Å². The zero-order chi connectivity index (χ0) is 10.7. The lowest BCUT2D eigenvalue weighted by molar-refractivity contribution is -0.0417. The van der Waals surface area contributed by atoms with E-state index < -0.39 is 0 Å². The fourth-order valence-electron chi connectivity index (χ4n) is 2.43. The molecule has 2 N–H and O–H groups in total. The van der Waals surface area contributed by atoms with Crippen LogP contribution in [0.4, 0.5) is 0 Å². The summed E-state index contributed by atoms with van der Waals surface area (Å²) in [6.45, 7) is 3.41. The molecule has 1 aromatic carbocycles. The first-order valence-corrected chi connectivity index (χ1v) is 5.70. The van der Waals surface area contributed by atoms with E-state index in [-0.39, 0.29) is 5.60 Å². The van der Waals surface area contributed by atoms with Crippen LogP contribution in [0, 0.1) is 0 Å². The molecule has 1 unspecified atom stereocenters. The summed E-state index contributed by atoms with van der Waals surface area (Å²) in [4.78, 5) is 0. The lowest BCUT2D eigenvalue weighted by Gasteiger charge is -2.37. The Morgan fingerprint density at radius 3 is 2.73 bits per heavy atom. The van der Waals surface area contributed by atoms with Gasteiger partial charge in [0.05, 0.1) is 5.60 Å². The predicted octanol–water partition coefficient (Wildman–Crippen LogP) is 1.91. The van der Waals surface area contributed by atoms with E-state index in [1.165, 1.54) is 11.1 Å². The van der Waals surface area contributed by atoms with Crippen LogP contribution in [0.2, 0.25) is 0 Å². The maximum absolute atomic E-state index is 5.86. The molecule has 2 nitrogen and oxygen atoms in total. The van der Waals surface area contributed by atoms with Gasteiger partial charge >= 0.3 is 0 Å². The topological polar surface area (TPSA) is 35.2 Å². The lowest BCUT2D eigenvalue weighted by atomic mass is 9.80. The minimum Gasteiger partial charge on any atom is -0.374 e. The molecule has 0 saturated heterocycles. The van der Waals surface area contributed by atoms with Crippen molar-refractivity contribution < 1.29 is 4.74 Å². The Morgan fingerprint density at radius 1 is 1.33 bits per heavy atom. The third kappa shape index (κ3) is 2.06. The molecule has 1 atom stereocenters. The van der Waals surface area contributed by atoms with Crippen molar-refractivity contribution in [2.24, 2.45) is 5.73 Å². The quantitative estimate of drug-likeness (QED) is 0.818. The molecule has 0 aliphatic heterocycles. The molecule has 0 heterocycles. The van der Waals surface area contributed by atoms with Crippen LogP contribution in [-0.4, -0.2) is 18.8 Å². The molecule has 0 radical (unpaired) electrons. The van der Waals surface area contributed by atoms with E-state index in [4.69, 9.17) is 10.5 Å². The van der Waals surface area contributed by atoms with Gasteiger partial charge in [-0.15, -0.1) is 0 Å². The van der Waals surface area contributed by atoms with Crippen LogP contribution in [-0.2, 0) is 17.6 Å². The predicted molar refractivity (Wildman–Crippen MR) is 61.9 cm³/mol. The number of fused-ring (bicyclic) bond motifs is 1. The number of hydrogen-bond acceptors (Lipinski definition) is 2. The van der Waals surface area contributed by atoms with Crippen LogP contribution in [0.5, 0.6) is 0 Å². The monoisotopic (exact) mass is 205 g/mol. The highest BCUT2D eigenvalue weighted by Crippen LogP contribution is 2.30. The molecule has 0 aromatic heterocycles. The zero-order valence-corrected chi connectivity index (χ0v) is 9.33. The van der Waals surface area contributed by atoms with Crippen molar-refractivity contribution in [1.82, 2.24) is 0 Å². The Balaban J connectivity index is 2.22. The SMILES string of the molecule is CCOC1(CN)CCc2ccccc2C1. The molecule has 0 amide bonds. The van der Waals surface area contributed by atoms with Crippen LogP contribution in [0.25, 0.3) is 0 Å². The molecule has 0 fully saturated rings. The molecule has 0 bridgehead atoms. The maximum atomic E-state index is 5.86. The second-order valence-electron chi connectivity index (χ2n) is 4.27. The molecule has 2 rings (SSSR count). The Kier molecular flexibility index (Phi) is 3.08. The molecule has 82 valence electrons. The van der Waals surface area contributed by atoms with Crippen molar-refractivity contribution in [1.29, 1.82) is 0 Å². The highest BCUT2D eigenvalue weighted by Gasteiger charge is 2.33. The van der Waals surface area contributed by atoms with Gasteiger partial charge < -0.3 is 10.5 Å². The molecular weight excluding hydrogens is 186 g/mol. The van der Waals surface area contributed by atoms with Crippen molar-refractivity contribution in [2.45, 2.75) is 31.8 Å². The third-order valence-corrected chi connectivity index (χ3v) is 3.30. The highest BCUT2D eigenvalue weighted by molar-refractivity contribution is 5.31. The average Bonchev–Trinajstić information content (AvgIpc) is 2.29. The number of nitrogens with two attached hydrogens (primary N) is 1. The Bertz CT molecular complexity index is 337. The summed E-state index contributed by atoms with van der Waals surface area (Å²) < 4.78 is 5.85. The molecule has 15 heavy (non-hydrogen) atoms. The van der Waals surface area contributed by atoms with Crippen molar-refractivity contribution in [3.05, 3.63) is 35.4 Å². The van der Waals surface area contributed by atoms with E-state index in [2.05, 4.69) is 24.3 Å². The number of ether oxygens (including phenoxy) is 1. The minimum atomic E-state index is -0.108. The lowest BCUT2D eigenvalue weighted by Crippen LogP contribution is -2.45. The fraction of sp³-hybridized carbons (Fsp3) is 0.538. The molecule has 0 saturated carbocycles. The van der Waals surface area contributed by atoms with Crippen LogP contribution < -0.4 is 5.73 Å². The zero-order valence-electron chi connectivity index (χ0n) is 9.33. The van der Waals surface area contributed by atoms with Crippen molar-refractivity contribution in [2.75, 3.05) is 13.2 Å². The summed E-state index contributed by atoms with van der Waals surface area (Å²) in [6, 6.07) is 8.60. The molecule has 2 heteroatoms. The van der Waals surface area contributed by atoms with Gasteiger partial charge in [-0.2, -0.15) is 0 Å². The van der Waals surface area contributed by atoms with Crippen LogP contribution in [0.15, 0.2) is 24.3 Å². The number of aryl methyl sites for hydroxylation is 1. The molecular formula is C13H19NO. The van der Waals surface area contributed by atoms with Gasteiger partial charge in [0.25, 0.3) is 0 Å². The van der Waals surface area contributed by atoms with Crippen molar-refractivity contribution in [3.63, 3.8) is 0 Å². The Labute approximate surface area is 91.4 Å². The van der Waals surface area contributed by atoms with E-state index in [1.807, 2.05) is 6.92 Å². The first-order chi connectivity index (χ1) is 7.29. The minimum absolute atomic E-state index is 0.108. The van der Waals surface area contributed by atoms with E-state index in [0.29, 0.717) is 6.54 Å². The van der Waals surface area contributed by atoms with Gasteiger partial charge in [-0.05, 0) is 30.9 Å². The van der Waals surface area contributed by atoms with Crippen molar-refractivity contribution >= 4 is 0 Å². The summed E-state index contributed by atoms with van der Waals surface area (Å²) in [6.07, 6.45) is 3.11. The summed E-state index contributed by atoms with van der Waals surface area (Å²) in [7, 11) is 0. The van der Waals surface area contributed by atoms with E-state index >= 15 is 0 Å². The fourth-order valence-corrected chi connectivity index (χ4v) is 2.43. The van der Waals surface area contributed by atoms with Crippen molar-refractivity contribution in [3.8, 4) is 0 Å². The van der Waals surface area contributed by atoms with Gasteiger partial charge in [-0.3, -0.25) is 0 Å².